The van der Waals surface area contributed by atoms with Gasteiger partial charge >= 0.3 is 5.97 Å². The van der Waals surface area contributed by atoms with Crippen molar-refractivity contribution >= 4 is 17.6 Å². The molecule has 6 heteroatoms. The number of nitrogens with two attached hydrogens (primary N) is 1. The fraction of sp³-hybridized carbons (Fsp3) is 0.417. The van der Waals surface area contributed by atoms with Crippen LogP contribution < -0.4 is 11.1 Å². The summed E-state index contributed by atoms with van der Waals surface area (Å²) in [6, 6.07) is 2.26. The summed E-state index contributed by atoms with van der Waals surface area (Å²) in [5.41, 5.74) is 6.08. The number of unbranched alkanes of at least 4 members (excludes halogenated alkanes) is 1. The second-order valence-electron chi connectivity index (χ2n) is 3.98. The molecule has 1 heterocycles. The molecule has 1 unspecified atom stereocenters. The number of pyridine rings is 1. The number of anilines is 1. The Bertz CT molecular complexity index is 417. The van der Waals surface area contributed by atoms with Gasteiger partial charge in [0.25, 0.3) is 0 Å². The van der Waals surface area contributed by atoms with Crippen molar-refractivity contribution in [2.45, 2.75) is 32.2 Å². The first-order valence-corrected chi connectivity index (χ1v) is 5.80. The highest BCUT2D eigenvalue weighted by Crippen LogP contribution is 2.08. The molecule has 0 saturated carbocycles. The number of hydrogen-bond donors (Lipinski definition) is 3. The van der Waals surface area contributed by atoms with E-state index in [1.807, 2.05) is 6.92 Å². The number of nitrogens with one attached hydrogen (secondary N) is 1. The third-order valence-electron chi connectivity index (χ3n) is 2.46. The van der Waals surface area contributed by atoms with Crippen molar-refractivity contribution in [2.24, 2.45) is 5.73 Å². The van der Waals surface area contributed by atoms with Crippen molar-refractivity contribution in [3.05, 3.63) is 24.0 Å². The normalized spacial score (nSPS) is 11.9. The van der Waals surface area contributed by atoms with E-state index in [-0.39, 0.29) is 11.6 Å². The van der Waals surface area contributed by atoms with Crippen LogP contribution in [-0.2, 0) is 4.79 Å². The van der Waals surface area contributed by atoms with Crippen LogP contribution in [0.5, 0.6) is 0 Å². The largest absolute Gasteiger partial charge is 0.477 e. The number of carbonyl (C=O) groups is 2. The van der Waals surface area contributed by atoms with Crippen LogP contribution in [0.3, 0.4) is 0 Å². The van der Waals surface area contributed by atoms with Crippen molar-refractivity contribution in [3.63, 3.8) is 0 Å². The van der Waals surface area contributed by atoms with Crippen LogP contribution in [0, 0.1) is 0 Å². The number of carboxylic acids is 1. The van der Waals surface area contributed by atoms with E-state index in [9.17, 15) is 9.59 Å². The van der Waals surface area contributed by atoms with E-state index >= 15 is 0 Å². The minimum atomic E-state index is -1.10. The van der Waals surface area contributed by atoms with Gasteiger partial charge in [0.15, 0.2) is 0 Å². The molecule has 1 aromatic rings. The highest BCUT2D eigenvalue weighted by molar-refractivity contribution is 5.94. The van der Waals surface area contributed by atoms with Crippen molar-refractivity contribution < 1.29 is 14.7 Å². The average Bonchev–Trinajstić information content (AvgIpc) is 2.36. The summed E-state index contributed by atoms with van der Waals surface area (Å²) in [5.74, 6) is -1.39. The molecule has 98 valence electrons. The monoisotopic (exact) mass is 251 g/mol. The van der Waals surface area contributed by atoms with E-state index in [1.54, 1.807) is 0 Å². The zero-order valence-corrected chi connectivity index (χ0v) is 10.2. The summed E-state index contributed by atoms with van der Waals surface area (Å²) in [6.45, 7) is 2.03. The smallest absolute Gasteiger partial charge is 0.354 e. The second kappa shape index (κ2) is 6.70. The minimum Gasteiger partial charge on any atom is -0.477 e. The average molecular weight is 251 g/mol. The van der Waals surface area contributed by atoms with Gasteiger partial charge in [-0.1, -0.05) is 19.8 Å². The third-order valence-corrected chi connectivity index (χ3v) is 2.46. The van der Waals surface area contributed by atoms with Gasteiger partial charge in [0, 0.05) is 0 Å². The van der Waals surface area contributed by atoms with Gasteiger partial charge < -0.3 is 16.2 Å². The molecule has 0 saturated heterocycles. The van der Waals surface area contributed by atoms with Crippen LogP contribution in [0.4, 0.5) is 5.69 Å². The molecule has 0 aliphatic heterocycles. The molecule has 0 aliphatic carbocycles. The number of carbonyl (C=O) groups excluding carboxylic acids is 1. The van der Waals surface area contributed by atoms with Crippen molar-refractivity contribution in [1.29, 1.82) is 0 Å². The first kappa shape index (κ1) is 14.1. The van der Waals surface area contributed by atoms with Crippen LogP contribution in [0.25, 0.3) is 0 Å². The Morgan fingerprint density at radius 3 is 2.72 bits per heavy atom. The molecule has 0 radical (unpaired) electrons. The summed E-state index contributed by atoms with van der Waals surface area (Å²) in [4.78, 5) is 25.9. The molecular weight excluding hydrogens is 234 g/mol. The van der Waals surface area contributed by atoms with Crippen molar-refractivity contribution in [1.82, 2.24) is 4.98 Å². The molecule has 1 amide bonds. The van der Waals surface area contributed by atoms with Crippen LogP contribution in [0.1, 0.15) is 36.7 Å². The number of amides is 1. The van der Waals surface area contributed by atoms with Crippen LogP contribution in [-0.4, -0.2) is 28.0 Å². The quantitative estimate of drug-likeness (QED) is 0.705. The third kappa shape index (κ3) is 4.14. The predicted octanol–water partition coefficient (Wildman–Crippen LogP) is 1.24. The van der Waals surface area contributed by atoms with E-state index in [0.717, 1.165) is 12.8 Å². The van der Waals surface area contributed by atoms with Gasteiger partial charge in [-0.15, -0.1) is 0 Å². The highest BCUT2D eigenvalue weighted by atomic mass is 16.4. The van der Waals surface area contributed by atoms with Gasteiger partial charge in [-0.3, -0.25) is 4.79 Å². The molecule has 1 rings (SSSR count). The Balaban J connectivity index is 2.56. The zero-order valence-electron chi connectivity index (χ0n) is 10.2. The highest BCUT2D eigenvalue weighted by Gasteiger charge is 2.13. The Kier molecular flexibility index (Phi) is 5.26. The summed E-state index contributed by atoms with van der Waals surface area (Å²) < 4.78 is 0. The van der Waals surface area contributed by atoms with E-state index in [1.165, 1.54) is 18.3 Å². The van der Waals surface area contributed by atoms with E-state index < -0.39 is 12.0 Å². The van der Waals surface area contributed by atoms with Crippen LogP contribution in [0.15, 0.2) is 18.3 Å². The zero-order chi connectivity index (χ0) is 13.5. The number of hydrogen-bond acceptors (Lipinski definition) is 4. The Hall–Kier alpha value is -1.95. The van der Waals surface area contributed by atoms with Gasteiger partial charge in [-0.05, 0) is 18.6 Å². The molecule has 0 aromatic carbocycles. The Morgan fingerprint density at radius 2 is 2.22 bits per heavy atom. The first-order chi connectivity index (χ1) is 8.54. The lowest BCUT2D eigenvalue weighted by molar-refractivity contribution is -0.117. The Labute approximate surface area is 105 Å². The predicted molar refractivity (Wildman–Crippen MR) is 67.3 cm³/mol. The SMILES string of the molecule is CCCCC(N)C(=O)Nc1ccc(C(=O)O)nc1. The van der Waals surface area contributed by atoms with Gasteiger partial charge in [-0.2, -0.15) is 0 Å². The molecule has 1 aromatic heterocycles. The van der Waals surface area contributed by atoms with Crippen LogP contribution >= 0.6 is 0 Å². The van der Waals surface area contributed by atoms with E-state index in [0.29, 0.717) is 12.1 Å². The van der Waals surface area contributed by atoms with Gasteiger partial charge in [-0.25, -0.2) is 9.78 Å². The van der Waals surface area contributed by atoms with Gasteiger partial charge in [0.05, 0.1) is 17.9 Å². The molecule has 4 N–H and O–H groups in total. The second-order valence-corrected chi connectivity index (χ2v) is 3.98. The number of rotatable bonds is 6. The maximum Gasteiger partial charge on any atom is 0.354 e. The lowest BCUT2D eigenvalue weighted by Crippen LogP contribution is -2.35. The molecule has 0 fully saturated rings. The first-order valence-electron chi connectivity index (χ1n) is 5.80. The molecule has 0 bridgehead atoms. The maximum atomic E-state index is 11.7. The number of nitrogens with zero attached hydrogens (tertiary/aromatic N) is 1. The van der Waals surface area contributed by atoms with Crippen molar-refractivity contribution in [3.8, 4) is 0 Å². The molecule has 0 spiro atoms. The molecular formula is C12H17N3O3. The van der Waals surface area contributed by atoms with Gasteiger partial charge in [0.1, 0.15) is 5.69 Å². The topological polar surface area (TPSA) is 105 Å². The van der Waals surface area contributed by atoms with E-state index in [4.69, 9.17) is 10.8 Å². The molecule has 6 nitrogen and oxygen atoms in total. The lowest BCUT2D eigenvalue weighted by atomic mass is 10.1. The number of aromatic nitrogens is 1. The standard InChI is InChI=1S/C12H17N3O3/c1-2-3-4-9(13)11(16)15-8-5-6-10(12(17)18)14-7-8/h5-7,9H,2-4,13H2,1H3,(H,15,16)(H,17,18). The number of carboxylic acid groups (broad SMARTS) is 1. The fourth-order valence-corrected chi connectivity index (χ4v) is 1.38. The molecule has 1 atom stereocenters. The number of aromatic carboxylic acids is 1. The molecule has 18 heavy (non-hydrogen) atoms. The van der Waals surface area contributed by atoms with E-state index in [2.05, 4.69) is 10.3 Å². The summed E-state index contributed by atoms with van der Waals surface area (Å²) in [5, 5.41) is 11.3. The minimum absolute atomic E-state index is 0.0664. The summed E-state index contributed by atoms with van der Waals surface area (Å²) >= 11 is 0. The molecule has 0 aliphatic rings. The lowest BCUT2D eigenvalue weighted by Gasteiger charge is -2.11. The summed E-state index contributed by atoms with van der Waals surface area (Å²) in [7, 11) is 0. The van der Waals surface area contributed by atoms with Crippen LogP contribution in [0.2, 0.25) is 0 Å². The maximum absolute atomic E-state index is 11.7. The Morgan fingerprint density at radius 1 is 1.50 bits per heavy atom. The summed E-state index contributed by atoms with van der Waals surface area (Å²) in [6.07, 6.45) is 3.80. The van der Waals surface area contributed by atoms with Crippen molar-refractivity contribution in [2.75, 3.05) is 5.32 Å². The fourth-order valence-electron chi connectivity index (χ4n) is 1.38. The van der Waals surface area contributed by atoms with Gasteiger partial charge in [0.2, 0.25) is 5.91 Å².